The zero-order valence-electron chi connectivity index (χ0n) is 18.2. The Balaban J connectivity index is 2.12. The fraction of sp³-hybridized carbons (Fsp3) is 0.381. The summed E-state index contributed by atoms with van der Waals surface area (Å²) in [7, 11) is -0.548. The molecule has 0 bridgehead atoms. The van der Waals surface area contributed by atoms with E-state index in [9.17, 15) is 8.42 Å². The highest BCUT2D eigenvalue weighted by atomic mass is 32.2. The van der Waals surface area contributed by atoms with Crippen LogP contribution in [0.15, 0.2) is 22.3 Å². The monoisotopic (exact) mass is 443 g/mol. The summed E-state index contributed by atoms with van der Waals surface area (Å²) in [6, 6.07) is 1.74. The smallest absolute Gasteiger partial charge is 0.232 e. The predicted octanol–water partition coefficient (Wildman–Crippen LogP) is 3.41. The van der Waals surface area contributed by atoms with E-state index < -0.39 is 21.6 Å². The highest BCUT2D eigenvalue weighted by Crippen LogP contribution is 2.34. The zero-order chi connectivity index (χ0) is 21.9. The minimum Gasteiger partial charge on any atom is -0.310 e. The van der Waals surface area contributed by atoms with Gasteiger partial charge in [0.15, 0.2) is 0 Å². The molecular formula is C21H25N5O2S2. The Kier molecular flexibility index (Phi) is 5.14. The predicted molar refractivity (Wildman–Crippen MR) is 121 cm³/mol. The standard InChI is InChI=1S/C21H25N5O2S2/c1-8-30(28)20-18-13(4)11(2)12(3)14(5)19(18)24-26(20)21-23-15-9-17(29(7)27)22-10-16(15)25(21)6/h9-10H,8H2,1-7H3. The van der Waals surface area contributed by atoms with Crippen LogP contribution in [0.1, 0.15) is 29.2 Å². The van der Waals surface area contributed by atoms with Gasteiger partial charge < -0.3 is 4.57 Å². The lowest BCUT2D eigenvalue weighted by Crippen LogP contribution is -2.10. The fourth-order valence-electron chi connectivity index (χ4n) is 3.82. The molecule has 30 heavy (non-hydrogen) atoms. The molecule has 4 aromatic rings. The van der Waals surface area contributed by atoms with Crippen LogP contribution in [0.25, 0.3) is 27.9 Å². The number of aryl methyl sites for hydroxylation is 3. The summed E-state index contributed by atoms with van der Waals surface area (Å²) in [5.74, 6) is 1.05. The first-order valence-electron chi connectivity index (χ1n) is 9.71. The minimum absolute atomic E-state index is 0.480. The van der Waals surface area contributed by atoms with E-state index in [4.69, 9.17) is 10.1 Å². The van der Waals surface area contributed by atoms with Crippen LogP contribution >= 0.6 is 0 Å². The van der Waals surface area contributed by atoms with Crippen LogP contribution < -0.4 is 0 Å². The van der Waals surface area contributed by atoms with Crippen molar-refractivity contribution in [1.29, 1.82) is 0 Å². The van der Waals surface area contributed by atoms with Crippen molar-refractivity contribution >= 4 is 43.5 Å². The molecule has 0 radical (unpaired) electrons. The Morgan fingerprint density at radius 1 is 1.03 bits per heavy atom. The number of rotatable bonds is 4. The van der Waals surface area contributed by atoms with E-state index in [1.165, 1.54) is 11.1 Å². The molecule has 0 amide bonds. The van der Waals surface area contributed by atoms with Crippen LogP contribution in [0.5, 0.6) is 0 Å². The van der Waals surface area contributed by atoms with E-state index in [1.54, 1.807) is 23.2 Å². The van der Waals surface area contributed by atoms with Gasteiger partial charge in [0.05, 0.1) is 44.3 Å². The number of benzene rings is 1. The summed E-state index contributed by atoms with van der Waals surface area (Å²) in [4.78, 5) is 9.05. The lowest BCUT2D eigenvalue weighted by molar-refractivity contribution is 0.664. The molecular weight excluding hydrogens is 418 g/mol. The van der Waals surface area contributed by atoms with Gasteiger partial charge in [-0.3, -0.25) is 8.42 Å². The van der Waals surface area contributed by atoms with Crippen LogP contribution in [0.2, 0.25) is 0 Å². The molecule has 2 atom stereocenters. The summed E-state index contributed by atoms with van der Waals surface area (Å²) < 4.78 is 28.6. The number of hydrogen-bond acceptors (Lipinski definition) is 5. The van der Waals surface area contributed by atoms with Crippen molar-refractivity contribution in [2.75, 3.05) is 12.0 Å². The van der Waals surface area contributed by atoms with Gasteiger partial charge in [0, 0.05) is 30.5 Å². The third kappa shape index (κ3) is 2.94. The van der Waals surface area contributed by atoms with E-state index in [0.29, 0.717) is 27.3 Å². The van der Waals surface area contributed by atoms with Crippen molar-refractivity contribution in [2.45, 2.75) is 44.7 Å². The third-order valence-corrected chi connectivity index (χ3v) is 8.09. The van der Waals surface area contributed by atoms with Crippen LogP contribution in [0.4, 0.5) is 0 Å². The number of fused-ring (bicyclic) bond motifs is 2. The SMILES string of the molecule is CCS(=O)c1c2c(C)c(C)c(C)c(C)c2nn1-c1nc2cc(S(C)=O)ncc2n1C. The molecule has 0 fully saturated rings. The summed E-state index contributed by atoms with van der Waals surface area (Å²) in [5.41, 5.74) is 6.91. The Labute approximate surface area is 180 Å². The third-order valence-electron chi connectivity index (χ3n) is 5.94. The first-order valence-corrected chi connectivity index (χ1v) is 12.6. The van der Waals surface area contributed by atoms with Gasteiger partial charge in [-0.05, 0) is 49.9 Å². The van der Waals surface area contributed by atoms with Gasteiger partial charge in [0.2, 0.25) is 5.95 Å². The molecule has 0 aliphatic carbocycles. The summed E-state index contributed by atoms with van der Waals surface area (Å²) in [6.45, 7) is 10.2. The van der Waals surface area contributed by atoms with Crippen molar-refractivity contribution in [2.24, 2.45) is 7.05 Å². The number of hydrogen-bond donors (Lipinski definition) is 0. The molecule has 7 nitrogen and oxygen atoms in total. The highest BCUT2D eigenvalue weighted by molar-refractivity contribution is 7.85. The van der Waals surface area contributed by atoms with Crippen LogP contribution in [-0.2, 0) is 28.6 Å². The fourth-order valence-corrected chi connectivity index (χ4v) is 5.36. The molecule has 1 aromatic carbocycles. The van der Waals surface area contributed by atoms with Crippen molar-refractivity contribution in [3.63, 3.8) is 0 Å². The minimum atomic E-state index is -1.24. The summed E-state index contributed by atoms with van der Waals surface area (Å²) in [6.07, 6.45) is 3.27. The first-order chi connectivity index (χ1) is 14.2. The average Bonchev–Trinajstić information content (AvgIpc) is 3.28. The van der Waals surface area contributed by atoms with Crippen LogP contribution in [-0.4, -0.2) is 44.7 Å². The van der Waals surface area contributed by atoms with Gasteiger partial charge in [-0.15, -0.1) is 0 Å². The van der Waals surface area contributed by atoms with Gasteiger partial charge in [0.1, 0.15) is 10.1 Å². The van der Waals surface area contributed by atoms with Gasteiger partial charge >= 0.3 is 0 Å². The molecule has 9 heteroatoms. The van der Waals surface area contributed by atoms with Crippen molar-refractivity contribution in [3.8, 4) is 5.95 Å². The Hall–Kier alpha value is -2.39. The van der Waals surface area contributed by atoms with Crippen LogP contribution in [0.3, 0.4) is 0 Å². The Morgan fingerprint density at radius 2 is 1.70 bits per heavy atom. The molecule has 0 aliphatic rings. The van der Waals surface area contributed by atoms with E-state index in [1.807, 2.05) is 18.5 Å². The van der Waals surface area contributed by atoms with Gasteiger partial charge in [0.25, 0.3) is 0 Å². The van der Waals surface area contributed by atoms with Gasteiger partial charge in [-0.1, -0.05) is 6.92 Å². The molecule has 0 aliphatic heterocycles. The second-order valence-corrected chi connectivity index (χ2v) is 10.5. The highest BCUT2D eigenvalue weighted by Gasteiger charge is 2.25. The molecule has 0 saturated carbocycles. The molecule has 2 unspecified atom stereocenters. The Bertz CT molecular complexity index is 1380. The maximum absolute atomic E-state index is 13.2. The topological polar surface area (TPSA) is 82.7 Å². The molecule has 3 aromatic heterocycles. The van der Waals surface area contributed by atoms with E-state index >= 15 is 0 Å². The average molecular weight is 444 g/mol. The largest absolute Gasteiger partial charge is 0.310 e. The molecule has 3 heterocycles. The van der Waals surface area contributed by atoms with Crippen LogP contribution in [0, 0.1) is 27.7 Å². The normalized spacial score (nSPS) is 14.0. The first kappa shape index (κ1) is 20.9. The lowest BCUT2D eigenvalue weighted by Gasteiger charge is -2.11. The Morgan fingerprint density at radius 3 is 2.33 bits per heavy atom. The van der Waals surface area contributed by atoms with E-state index in [0.717, 1.165) is 27.5 Å². The lowest BCUT2D eigenvalue weighted by atomic mass is 9.96. The van der Waals surface area contributed by atoms with Crippen molar-refractivity contribution in [1.82, 2.24) is 24.3 Å². The van der Waals surface area contributed by atoms with E-state index in [-0.39, 0.29) is 0 Å². The van der Waals surface area contributed by atoms with Gasteiger partial charge in [-0.2, -0.15) is 9.78 Å². The second-order valence-electron chi connectivity index (χ2n) is 7.51. The number of pyridine rings is 1. The molecule has 4 rings (SSSR count). The molecule has 0 spiro atoms. The summed E-state index contributed by atoms with van der Waals surface area (Å²) >= 11 is 0. The summed E-state index contributed by atoms with van der Waals surface area (Å²) in [5, 5.41) is 6.98. The number of nitrogens with zero attached hydrogens (tertiary/aromatic N) is 5. The number of aromatic nitrogens is 5. The zero-order valence-corrected chi connectivity index (χ0v) is 19.9. The molecule has 0 saturated heterocycles. The quantitative estimate of drug-likeness (QED) is 0.483. The molecule has 0 N–H and O–H groups in total. The maximum Gasteiger partial charge on any atom is 0.232 e. The van der Waals surface area contributed by atoms with Crippen molar-refractivity contribution in [3.05, 3.63) is 34.5 Å². The van der Waals surface area contributed by atoms with Gasteiger partial charge in [-0.25, -0.2) is 9.97 Å². The number of imidazole rings is 1. The molecule has 158 valence electrons. The maximum atomic E-state index is 13.2. The second kappa shape index (κ2) is 7.39. The van der Waals surface area contributed by atoms with E-state index in [2.05, 4.69) is 32.7 Å². The van der Waals surface area contributed by atoms with Crippen molar-refractivity contribution < 1.29 is 8.42 Å².